The predicted molar refractivity (Wildman–Crippen MR) is 139 cm³/mol. The van der Waals surface area contributed by atoms with Crippen LogP contribution < -0.4 is 10.5 Å². The third-order valence-corrected chi connectivity index (χ3v) is 8.39. The number of anilines is 1. The lowest BCUT2D eigenvalue weighted by molar-refractivity contribution is -0.117. The first-order valence-electron chi connectivity index (χ1n) is 11.6. The van der Waals surface area contributed by atoms with Crippen molar-refractivity contribution in [3.8, 4) is 0 Å². The van der Waals surface area contributed by atoms with Gasteiger partial charge >= 0.3 is 0 Å². The Hall–Kier alpha value is -2.16. The number of hydrogen-bond acceptors (Lipinski definition) is 6. The van der Waals surface area contributed by atoms with Crippen molar-refractivity contribution in [2.45, 2.75) is 56.0 Å². The van der Waals surface area contributed by atoms with E-state index in [9.17, 15) is 9.59 Å². The van der Waals surface area contributed by atoms with Gasteiger partial charge in [0.05, 0.1) is 10.6 Å². The number of thioether (sulfide) groups is 1. The Bertz CT molecular complexity index is 1190. The first kappa shape index (κ1) is 24.0. The summed E-state index contributed by atoms with van der Waals surface area (Å²) in [6.45, 7) is 3.39. The second kappa shape index (κ2) is 10.4. The van der Waals surface area contributed by atoms with Gasteiger partial charge in [-0.25, -0.2) is 4.98 Å². The summed E-state index contributed by atoms with van der Waals surface area (Å²) in [5.41, 5.74) is 2.12. The van der Waals surface area contributed by atoms with Crippen LogP contribution in [-0.2, 0) is 24.2 Å². The Kier molecular flexibility index (Phi) is 7.56. The number of thiophene rings is 1. The fraction of sp³-hybridized carbons (Fsp3) is 0.480. The molecule has 4 rings (SSSR count). The Morgan fingerprint density at radius 3 is 2.64 bits per heavy atom. The van der Waals surface area contributed by atoms with Gasteiger partial charge in [-0.15, -0.1) is 11.3 Å². The van der Waals surface area contributed by atoms with Gasteiger partial charge in [0, 0.05) is 24.2 Å². The molecule has 0 radical (unpaired) electrons. The molecule has 0 saturated heterocycles. The maximum Gasteiger partial charge on any atom is 0.263 e. The zero-order valence-corrected chi connectivity index (χ0v) is 21.5. The SMILES string of the molecule is CC(Sc1nc2sc3c(c2c(=O)n1CCCN(C)C)CCCC3)C(=O)N(C)c1ccccc1. The minimum absolute atomic E-state index is 0.00846. The predicted octanol–water partition coefficient (Wildman–Crippen LogP) is 4.43. The highest BCUT2D eigenvalue weighted by atomic mass is 32.2. The minimum atomic E-state index is -0.366. The van der Waals surface area contributed by atoms with E-state index in [1.807, 2.05) is 55.9 Å². The summed E-state index contributed by atoms with van der Waals surface area (Å²) in [4.78, 5) is 37.7. The van der Waals surface area contributed by atoms with Crippen LogP contribution in [0, 0.1) is 0 Å². The molecule has 33 heavy (non-hydrogen) atoms. The van der Waals surface area contributed by atoms with Crippen molar-refractivity contribution < 1.29 is 4.79 Å². The minimum Gasteiger partial charge on any atom is -0.315 e. The zero-order chi connectivity index (χ0) is 23.5. The van der Waals surface area contributed by atoms with Gasteiger partial charge in [0.25, 0.3) is 5.56 Å². The normalized spacial score (nSPS) is 14.5. The number of carbonyl (C=O) groups is 1. The molecule has 0 N–H and O–H groups in total. The van der Waals surface area contributed by atoms with Crippen molar-refractivity contribution in [2.75, 3.05) is 32.6 Å². The summed E-state index contributed by atoms with van der Waals surface area (Å²) >= 11 is 3.05. The number of benzene rings is 1. The number of para-hydroxylation sites is 1. The van der Waals surface area contributed by atoms with E-state index in [0.717, 1.165) is 48.1 Å². The van der Waals surface area contributed by atoms with Crippen molar-refractivity contribution in [1.29, 1.82) is 0 Å². The second-order valence-electron chi connectivity index (χ2n) is 8.89. The molecule has 2 aromatic heterocycles. The molecule has 1 aliphatic rings. The van der Waals surface area contributed by atoms with E-state index in [0.29, 0.717) is 11.7 Å². The number of carbonyl (C=O) groups excluding carboxylic acids is 1. The Balaban J connectivity index is 1.67. The molecule has 0 fully saturated rings. The summed E-state index contributed by atoms with van der Waals surface area (Å²) in [6.07, 6.45) is 5.16. The Labute approximate surface area is 203 Å². The van der Waals surface area contributed by atoms with Gasteiger partial charge in [-0.05, 0) is 77.4 Å². The lowest BCUT2D eigenvalue weighted by Gasteiger charge is -2.22. The molecular formula is C25H32N4O2S2. The molecule has 0 spiro atoms. The van der Waals surface area contributed by atoms with Crippen LogP contribution in [0.2, 0.25) is 0 Å². The van der Waals surface area contributed by atoms with Gasteiger partial charge in [0.2, 0.25) is 5.91 Å². The molecule has 0 bridgehead atoms. The summed E-state index contributed by atoms with van der Waals surface area (Å²) in [5.74, 6) is -0.00846. The van der Waals surface area contributed by atoms with Crippen LogP contribution in [0.5, 0.6) is 0 Å². The van der Waals surface area contributed by atoms with Crippen LogP contribution in [0.3, 0.4) is 0 Å². The van der Waals surface area contributed by atoms with Crippen molar-refractivity contribution in [2.24, 2.45) is 0 Å². The van der Waals surface area contributed by atoms with E-state index >= 15 is 0 Å². The summed E-state index contributed by atoms with van der Waals surface area (Å²) in [5, 5.41) is 1.09. The van der Waals surface area contributed by atoms with Crippen molar-refractivity contribution in [3.05, 3.63) is 51.1 Å². The molecular weight excluding hydrogens is 452 g/mol. The zero-order valence-electron chi connectivity index (χ0n) is 19.8. The van der Waals surface area contributed by atoms with Gasteiger partial charge < -0.3 is 9.80 Å². The van der Waals surface area contributed by atoms with Crippen LogP contribution in [0.15, 0.2) is 40.3 Å². The maximum absolute atomic E-state index is 13.7. The van der Waals surface area contributed by atoms with Gasteiger partial charge in [-0.3, -0.25) is 14.2 Å². The van der Waals surface area contributed by atoms with Gasteiger partial charge in [0.15, 0.2) is 5.16 Å². The van der Waals surface area contributed by atoms with Gasteiger partial charge in [0.1, 0.15) is 4.83 Å². The fourth-order valence-electron chi connectivity index (χ4n) is 4.31. The topological polar surface area (TPSA) is 58.4 Å². The molecule has 176 valence electrons. The first-order chi connectivity index (χ1) is 15.9. The number of aryl methyl sites for hydroxylation is 2. The van der Waals surface area contributed by atoms with E-state index in [4.69, 9.17) is 4.98 Å². The van der Waals surface area contributed by atoms with Crippen LogP contribution >= 0.6 is 23.1 Å². The van der Waals surface area contributed by atoms with E-state index in [2.05, 4.69) is 4.90 Å². The monoisotopic (exact) mass is 484 g/mol. The highest BCUT2D eigenvalue weighted by molar-refractivity contribution is 8.00. The van der Waals surface area contributed by atoms with Gasteiger partial charge in [-0.1, -0.05) is 30.0 Å². The third-order valence-electron chi connectivity index (χ3n) is 6.13. The van der Waals surface area contributed by atoms with Crippen LogP contribution in [0.25, 0.3) is 10.2 Å². The first-order valence-corrected chi connectivity index (χ1v) is 13.3. The summed E-state index contributed by atoms with van der Waals surface area (Å²) < 4.78 is 1.81. The number of hydrogen-bond donors (Lipinski definition) is 0. The van der Waals surface area contributed by atoms with Crippen molar-refractivity contribution in [1.82, 2.24) is 14.5 Å². The van der Waals surface area contributed by atoms with Crippen LogP contribution in [-0.4, -0.2) is 53.3 Å². The summed E-state index contributed by atoms with van der Waals surface area (Å²) in [6, 6.07) is 9.63. The van der Waals surface area contributed by atoms with Crippen LogP contribution in [0.1, 0.15) is 36.6 Å². The molecule has 1 amide bonds. The molecule has 0 aliphatic heterocycles. The lowest BCUT2D eigenvalue weighted by Crippen LogP contribution is -2.34. The smallest absolute Gasteiger partial charge is 0.263 e. The maximum atomic E-state index is 13.7. The van der Waals surface area contributed by atoms with E-state index in [-0.39, 0.29) is 16.7 Å². The van der Waals surface area contributed by atoms with E-state index in [1.54, 1.807) is 23.3 Å². The highest BCUT2D eigenvalue weighted by Crippen LogP contribution is 2.35. The largest absolute Gasteiger partial charge is 0.315 e. The Morgan fingerprint density at radius 2 is 1.91 bits per heavy atom. The van der Waals surface area contributed by atoms with Crippen LogP contribution in [0.4, 0.5) is 5.69 Å². The van der Waals surface area contributed by atoms with Crippen molar-refractivity contribution >= 4 is 44.9 Å². The number of nitrogens with zero attached hydrogens (tertiary/aromatic N) is 4. The molecule has 0 saturated carbocycles. The summed E-state index contributed by atoms with van der Waals surface area (Å²) in [7, 11) is 5.87. The quantitative estimate of drug-likeness (QED) is 0.350. The molecule has 3 aromatic rings. The molecule has 1 unspecified atom stereocenters. The average Bonchev–Trinajstić information content (AvgIpc) is 3.18. The lowest BCUT2D eigenvalue weighted by atomic mass is 9.97. The second-order valence-corrected chi connectivity index (χ2v) is 11.3. The van der Waals surface area contributed by atoms with E-state index < -0.39 is 0 Å². The third kappa shape index (κ3) is 5.18. The average molecular weight is 485 g/mol. The Morgan fingerprint density at radius 1 is 1.18 bits per heavy atom. The standard InChI is InChI=1S/C25H32N4O2S2/c1-17(23(30)28(4)18-11-6-5-7-12-18)32-25-26-22-21(19-13-8-9-14-20(19)33-22)24(31)29(25)16-10-15-27(2)3/h5-7,11-12,17H,8-10,13-16H2,1-4H3. The molecule has 2 heterocycles. The molecule has 1 aliphatic carbocycles. The number of fused-ring (bicyclic) bond motifs is 3. The fourth-order valence-corrected chi connectivity index (χ4v) is 6.64. The van der Waals surface area contributed by atoms with Crippen molar-refractivity contribution in [3.63, 3.8) is 0 Å². The highest BCUT2D eigenvalue weighted by Gasteiger charge is 2.26. The number of rotatable bonds is 8. The molecule has 1 atom stereocenters. The van der Waals surface area contributed by atoms with Gasteiger partial charge in [-0.2, -0.15) is 0 Å². The molecule has 1 aromatic carbocycles. The number of aromatic nitrogens is 2. The van der Waals surface area contributed by atoms with E-state index in [1.165, 1.54) is 28.6 Å². The molecule has 6 nitrogen and oxygen atoms in total. The molecule has 8 heteroatoms. The number of amides is 1.